The van der Waals surface area contributed by atoms with Gasteiger partial charge < -0.3 is 0 Å². The van der Waals surface area contributed by atoms with Crippen LogP contribution >= 0.6 is 11.6 Å². The van der Waals surface area contributed by atoms with Crippen molar-refractivity contribution in [1.82, 2.24) is 0 Å². The molecule has 92 valence electrons. The van der Waals surface area contributed by atoms with E-state index in [1.54, 1.807) is 0 Å². The summed E-state index contributed by atoms with van der Waals surface area (Å²) in [5.41, 5.74) is 5.49. The first-order valence-electron chi connectivity index (χ1n) is 5.95. The highest BCUT2D eigenvalue weighted by atomic mass is 35.5. The van der Waals surface area contributed by atoms with Crippen molar-refractivity contribution >= 4 is 23.0 Å². The monoisotopic (exact) mass is 257 g/mol. The van der Waals surface area contributed by atoms with E-state index >= 15 is 0 Å². The third-order valence-electron chi connectivity index (χ3n) is 2.99. The van der Waals surface area contributed by atoms with Crippen molar-refractivity contribution in [3.8, 4) is 0 Å². The lowest BCUT2D eigenvalue weighted by molar-refractivity contribution is 1.37. The quantitative estimate of drug-likeness (QED) is 0.664. The molecule has 0 aliphatic carbocycles. The van der Waals surface area contributed by atoms with Gasteiger partial charge in [-0.05, 0) is 49.6 Å². The van der Waals surface area contributed by atoms with Gasteiger partial charge in [-0.25, -0.2) is 0 Å². The summed E-state index contributed by atoms with van der Waals surface area (Å²) in [5, 5.41) is 0.719. The Morgan fingerprint density at radius 3 is 2.44 bits per heavy atom. The minimum atomic E-state index is 0.719. The van der Waals surface area contributed by atoms with E-state index in [4.69, 9.17) is 11.6 Å². The van der Waals surface area contributed by atoms with E-state index in [0.29, 0.717) is 0 Å². The third kappa shape index (κ3) is 2.80. The molecule has 0 N–H and O–H groups in total. The number of aryl methyl sites for hydroxylation is 2. The Morgan fingerprint density at radius 1 is 1.00 bits per heavy atom. The van der Waals surface area contributed by atoms with E-state index in [1.165, 1.54) is 11.1 Å². The number of hydrogen-bond acceptors (Lipinski definition) is 1. The second-order valence-electron chi connectivity index (χ2n) is 4.44. The number of aliphatic imine (C=N–C) groups is 1. The summed E-state index contributed by atoms with van der Waals surface area (Å²) >= 11 is 6.01. The minimum absolute atomic E-state index is 0.719. The van der Waals surface area contributed by atoms with Crippen LogP contribution in [-0.4, -0.2) is 5.71 Å². The van der Waals surface area contributed by atoms with Crippen LogP contribution in [0.25, 0.3) is 0 Å². The van der Waals surface area contributed by atoms with Crippen LogP contribution in [0.2, 0.25) is 5.02 Å². The Morgan fingerprint density at radius 2 is 1.72 bits per heavy atom. The van der Waals surface area contributed by atoms with E-state index in [9.17, 15) is 0 Å². The summed E-state index contributed by atoms with van der Waals surface area (Å²) in [4.78, 5) is 4.68. The van der Waals surface area contributed by atoms with E-state index in [-0.39, 0.29) is 0 Å². The van der Waals surface area contributed by atoms with Crippen LogP contribution in [-0.2, 0) is 0 Å². The first-order valence-corrected chi connectivity index (χ1v) is 6.33. The van der Waals surface area contributed by atoms with Gasteiger partial charge >= 0.3 is 0 Å². The molecule has 0 aromatic heterocycles. The Bertz CT molecular complexity index is 600. The molecule has 0 saturated carbocycles. The molecule has 0 heterocycles. The van der Waals surface area contributed by atoms with Gasteiger partial charge in [0.2, 0.25) is 0 Å². The molecule has 0 spiro atoms. The van der Waals surface area contributed by atoms with Crippen molar-refractivity contribution in [2.24, 2.45) is 4.99 Å². The molecule has 0 amide bonds. The van der Waals surface area contributed by atoms with Crippen molar-refractivity contribution < 1.29 is 0 Å². The van der Waals surface area contributed by atoms with Crippen molar-refractivity contribution in [3.05, 3.63) is 64.2 Å². The Kier molecular flexibility index (Phi) is 3.83. The summed E-state index contributed by atoms with van der Waals surface area (Å²) in [6.07, 6.45) is 0. The molecule has 0 radical (unpaired) electrons. The molecule has 0 aliphatic heterocycles. The molecule has 0 fully saturated rings. The minimum Gasteiger partial charge on any atom is -0.253 e. The van der Waals surface area contributed by atoms with Crippen LogP contribution in [0.3, 0.4) is 0 Å². The summed E-state index contributed by atoms with van der Waals surface area (Å²) in [7, 11) is 0. The zero-order valence-electron chi connectivity index (χ0n) is 10.9. The maximum Gasteiger partial charge on any atom is 0.0677 e. The fourth-order valence-electron chi connectivity index (χ4n) is 1.92. The van der Waals surface area contributed by atoms with Gasteiger partial charge in [-0.15, -0.1) is 0 Å². The third-order valence-corrected chi connectivity index (χ3v) is 3.23. The number of hydrogen-bond donors (Lipinski definition) is 0. The van der Waals surface area contributed by atoms with Crippen LogP contribution in [0.4, 0.5) is 5.69 Å². The standard InChI is InChI=1S/C16H16ClN/c1-11-6-4-5-7-15(11)13(3)18-16-10-14(17)9-8-12(16)2/h4-10H,1-3H3. The molecule has 0 saturated heterocycles. The van der Waals surface area contributed by atoms with Gasteiger partial charge in [0, 0.05) is 10.7 Å². The lowest BCUT2D eigenvalue weighted by Crippen LogP contribution is -1.97. The normalized spacial score (nSPS) is 11.7. The molecule has 18 heavy (non-hydrogen) atoms. The molecule has 0 atom stereocenters. The van der Waals surface area contributed by atoms with E-state index < -0.39 is 0 Å². The van der Waals surface area contributed by atoms with E-state index in [0.717, 1.165) is 22.0 Å². The number of nitrogens with zero attached hydrogens (tertiary/aromatic N) is 1. The number of halogens is 1. The predicted molar refractivity (Wildman–Crippen MR) is 79.2 cm³/mol. The number of rotatable bonds is 2. The molecule has 0 unspecified atom stereocenters. The lowest BCUT2D eigenvalue weighted by Gasteiger charge is -2.07. The van der Waals surface area contributed by atoms with Crippen molar-refractivity contribution in [1.29, 1.82) is 0 Å². The van der Waals surface area contributed by atoms with Gasteiger partial charge in [0.05, 0.1) is 5.69 Å². The second-order valence-corrected chi connectivity index (χ2v) is 4.88. The summed E-state index contributed by atoms with van der Waals surface area (Å²) in [5.74, 6) is 0. The topological polar surface area (TPSA) is 12.4 Å². The van der Waals surface area contributed by atoms with Gasteiger partial charge in [-0.2, -0.15) is 0 Å². The zero-order chi connectivity index (χ0) is 13.1. The fourth-order valence-corrected chi connectivity index (χ4v) is 2.09. The molecule has 2 heteroatoms. The first kappa shape index (κ1) is 12.8. The highest BCUT2D eigenvalue weighted by Crippen LogP contribution is 2.24. The van der Waals surface area contributed by atoms with Gasteiger partial charge in [-0.3, -0.25) is 4.99 Å². The van der Waals surface area contributed by atoms with Crippen molar-refractivity contribution in [2.75, 3.05) is 0 Å². The molecule has 0 bridgehead atoms. The molecule has 2 aromatic rings. The first-order chi connectivity index (χ1) is 8.58. The largest absolute Gasteiger partial charge is 0.253 e. The van der Waals surface area contributed by atoms with Crippen molar-refractivity contribution in [2.45, 2.75) is 20.8 Å². The Labute approximate surface area is 113 Å². The molecule has 2 aromatic carbocycles. The van der Waals surface area contributed by atoms with Gasteiger partial charge in [0.1, 0.15) is 0 Å². The smallest absolute Gasteiger partial charge is 0.0677 e. The highest BCUT2D eigenvalue weighted by molar-refractivity contribution is 6.30. The van der Waals surface area contributed by atoms with E-state index in [2.05, 4.69) is 24.0 Å². The summed E-state index contributed by atoms with van der Waals surface area (Å²) < 4.78 is 0. The average molecular weight is 258 g/mol. The van der Waals surface area contributed by atoms with Crippen molar-refractivity contribution in [3.63, 3.8) is 0 Å². The highest BCUT2D eigenvalue weighted by Gasteiger charge is 2.03. The van der Waals surface area contributed by atoms with Crippen LogP contribution < -0.4 is 0 Å². The predicted octanol–water partition coefficient (Wildman–Crippen LogP) is 5.10. The SMILES string of the molecule is CC(=Nc1cc(Cl)ccc1C)c1ccccc1C. The molecule has 2 rings (SSSR count). The molecule has 0 aliphatic rings. The Hall–Kier alpha value is -1.60. The average Bonchev–Trinajstić information content (AvgIpc) is 2.34. The molecular formula is C16H16ClN. The van der Waals surface area contributed by atoms with Crippen LogP contribution in [0.15, 0.2) is 47.5 Å². The van der Waals surface area contributed by atoms with Crippen LogP contribution in [0.1, 0.15) is 23.6 Å². The maximum absolute atomic E-state index is 6.01. The maximum atomic E-state index is 6.01. The van der Waals surface area contributed by atoms with Crippen LogP contribution in [0, 0.1) is 13.8 Å². The van der Waals surface area contributed by atoms with Gasteiger partial charge in [0.25, 0.3) is 0 Å². The lowest BCUT2D eigenvalue weighted by atomic mass is 10.1. The van der Waals surface area contributed by atoms with Crippen LogP contribution in [0.5, 0.6) is 0 Å². The van der Waals surface area contributed by atoms with E-state index in [1.807, 2.05) is 44.2 Å². The zero-order valence-corrected chi connectivity index (χ0v) is 11.6. The summed E-state index contributed by atoms with van der Waals surface area (Å²) in [6, 6.07) is 14.0. The van der Waals surface area contributed by atoms with Gasteiger partial charge in [0.15, 0.2) is 0 Å². The number of benzene rings is 2. The second kappa shape index (κ2) is 5.36. The summed E-state index contributed by atoms with van der Waals surface area (Å²) in [6.45, 7) is 6.17. The fraction of sp³-hybridized carbons (Fsp3) is 0.188. The Balaban J connectivity index is 2.45. The molecular weight excluding hydrogens is 242 g/mol. The molecule has 1 nitrogen and oxygen atoms in total. The van der Waals surface area contributed by atoms with Gasteiger partial charge in [-0.1, -0.05) is 41.9 Å².